The molecular formula is C10H14N6O. The zero-order valence-corrected chi connectivity index (χ0v) is 9.77. The van der Waals surface area contributed by atoms with Crippen LogP contribution in [0.2, 0.25) is 0 Å². The zero-order valence-electron chi connectivity index (χ0n) is 9.77. The molecule has 0 atom stereocenters. The molecule has 0 spiro atoms. The lowest BCUT2D eigenvalue weighted by molar-refractivity contribution is 0.411. The van der Waals surface area contributed by atoms with Crippen LogP contribution in [0.15, 0.2) is 10.9 Å². The Morgan fingerprint density at radius 1 is 1.35 bits per heavy atom. The first kappa shape index (κ1) is 11.3. The molecule has 0 saturated carbocycles. The molecule has 2 aromatic rings. The van der Waals surface area contributed by atoms with Gasteiger partial charge in [0.05, 0.1) is 6.54 Å². The van der Waals surface area contributed by atoms with Crippen LogP contribution in [0.4, 0.5) is 11.6 Å². The number of nitrogens with two attached hydrogens (primary N) is 1. The molecule has 17 heavy (non-hydrogen) atoms. The number of anilines is 2. The van der Waals surface area contributed by atoms with E-state index in [4.69, 9.17) is 5.73 Å². The van der Waals surface area contributed by atoms with Crippen molar-refractivity contribution in [3.8, 4) is 0 Å². The highest BCUT2D eigenvalue weighted by Crippen LogP contribution is 2.17. The van der Waals surface area contributed by atoms with Crippen LogP contribution >= 0.6 is 0 Å². The summed E-state index contributed by atoms with van der Waals surface area (Å²) in [5, 5.41) is 6.82. The Kier molecular flexibility index (Phi) is 3.17. The van der Waals surface area contributed by atoms with Crippen molar-refractivity contribution in [2.45, 2.75) is 26.8 Å². The van der Waals surface area contributed by atoms with Crippen molar-refractivity contribution in [2.24, 2.45) is 0 Å². The van der Waals surface area contributed by atoms with E-state index < -0.39 is 0 Å². The SMILES string of the molecule is CCc1nc(N)c(C)c(NCc2ncon2)n1. The highest BCUT2D eigenvalue weighted by atomic mass is 16.5. The van der Waals surface area contributed by atoms with Crippen LogP contribution in [0.5, 0.6) is 0 Å². The van der Waals surface area contributed by atoms with Crippen LogP contribution < -0.4 is 11.1 Å². The second kappa shape index (κ2) is 4.77. The molecule has 2 aromatic heterocycles. The molecule has 0 aliphatic rings. The van der Waals surface area contributed by atoms with E-state index in [0.29, 0.717) is 29.8 Å². The Morgan fingerprint density at radius 3 is 2.82 bits per heavy atom. The minimum absolute atomic E-state index is 0.441. The smallest absolute Gasteiger partial charge is 0.213 e. The third kappa shape index (κ3) is 2.49. The predicted molar refractivity (Wildman–Crippen MR) is 62.2 cm³/mol. The number of nitrogen functional groups attached to an aromatic ring is 1. The second-order valence-corrected chi connectivity index (χ2v) is 3.55. The number of rotatable bonds is 4. The fraction of sp³-hybridized carbons (Fsp3) is 0.400. The third-order valence-corrected chi connectivity index (χ3v) is 2.37. The van der Waals surface area contributed by atoms with Crippen molar-refractivity contribution < 1.29 is 4.52 Å². The molecule has 0 saturated heterocycles. The summed E-state index contributed by atoms with van der Waals surface area (Å²) in [6.45, 7) is 4.29. The average molecular weight is 234 g/mol. The van der Waals surface area contributed by atoms with Gasteiger partial charge in [0.25, 0.3) is 0 Å². The van der Waals surface area contributed by atoms with Crippen LogP contribution in [0.25, 0.3) is 0 Å². The van der Waals surface area contributed by atoms with Crippen LogP contribution in [0.1, 0.15) is 24.1 Å². The van der Waals surface area contributed by atoms with Gasteiger partial charge in [-0.3, -0.25) is 0 Å². The normalized spacial score (nSPS) is 10.5. The molecule has 3 N–H and O–H groups in total. The van der Waals surface area contributed by atoms with Gasteiger partial charge in [-0.2, -0.15) is 4.98 Å². The van der Waals surface area contributed by atoms with Crippen LogP contribution in [0.3, 0.4) is 0 Å². The lowest BCUT2D eigenvalue weighted by atomic mass is 10.3. The molecule has 90 valence electrons. The van der Waals surface area contributed by atoms with Crippen LogP contribution in [-0.4, -0.2) is 20.1 Å². The Bertz CT molecular complexity index is 496. The summed E-state index contributed by atoms with van der Waals surface area (Å²) in [5.74, 6) is 2.48. The van der Waals surface area contributed by atoms with Crippen molar-refractivity contribution in [1.29, 1.82) is 0 Å². The number of hydrogen-bond donors (Lipinski definition) is 2. The van der Waals surface area contributed by atoms with E-state index in [0.717, 1.165) is 12.0 Å². The largest absolute Gasteiger partial charge is 0.383 e. The molecule has 2 heterocycles. The van der Waals surface area contributed by atoms with Gasteiger partial charge in [-0.05, 0) is 6.92 Å². The molecule has 0 aliphatic carbocycles. The first-order valence-electron chi connectivity index (χ1n) is 5.32. The number of aryl methyl sites for hydroxylation is 1. The van der Waals surface area contributed by atoms with Gasteiger partial charge in [0.15, 0.2) is 5.82 Å². The maximum Gasteiger partial charge on any atom is 0.213 e. The summed E-state index contributed by atoms with van der Waals surface area (Å²) >= 11 is 0. The Hall–Kier alpha value is -2.18. The minimum atomic E-state index is 0.441. The van der Waals surface area contributed by atoms with E-state index in [9.17, 15) is 0 Å². The number of hydrogen-bond acceptors (Lipinski definition) is 7. The van der Waals surface area contributed by atoms with Gasteiger partial charge in [0.1, 0.15) is 17.5 Å². The van der Waals surface area contributed by atoms with Crippen molar-refractivity contribution in [1.82, 2.24) is 20.1 Å². The van der Waals surface area contributed by atoms with Crippen molar-refractivity contribution in [3.63, 3.8) is 0 Å². The van der Waals surface area contributed by atoms with Crippen LogP contribution in [0, 0.1) is 6.92 Å². The molecule has 0 radical (unpaired) electrons. The summed E-state index contributed by atoms with van der Waals surface area (Å²) in [7, 11) is 0. The molecule has 2 rings (SSSR count). The summed E-state index contributed by atoms with van der Waals surface area (Å²) in [5.41, 5.74) is 6.63. The molecule has 0 amide bonds. The Labute approximate surface area is 98.5 Å². The van der Waals surface area contributed by atoms with Crippen molar-refractivity contribution >= 4 is 11.6 Å². The maximum atomic E-state index is 5.81. The second-order valence-electron chi connectivity index (χ2n) is 3.55. The third-order valence-electron chi connectivity index (χ3n) is 2.37. The van der Waals surface area contributed by atoms with Gasteiger partial charge in [0, 0.05) is 12.0 Å². The molecule has 0 aliphatic heterocycles. The van der Waals surface area contributed by atoms with E-state index in [1.54, 1.807) is 0 Å². The quantitative estimate of drug-likeness (QED) is 0.810. The van der Waals surface area contributed by atoms with Crippen molar-refractivity contribution in [3.05, 3.63) is 23.6 Å². The van der Waals surface area contributed by atoms with Crippen LogP contribution in [-0.2, 0) is 13.0 Å². The van der Waals surface area contributed by atoms with Gasteiger partial charge in [0.2, 0.25) is 6.39 Å². The molecule has 7 heteroatoms. The van der Waals surface area contributed by atoms with Gasteiger partial charge in [-0.15, -0.1) is 0 Å². The monoisotopic (exact) mass is 234 g/mol. The maximum absolute atomic E-state index is 5.81. The fourth-order valence-electron chi connectivity index (χ4n) is 1.35. The molecule has 0 aromatic carbocycles. The number of nitrogens with zero attached hydrogens (tertiary/aromatic N) is 4. The van der Waals surface area contributed by atoms with E-state index in [-0.39, 0.29) is 0 Å². The van der Waals surface area contributed by atoms with E-state index in [1.165, 1.54) is 6.39 Å². The first-order chi connectivity index (χ1) is 8.20. The minimum Gasteiger partial charge on any atom is -0.383 e. The summed E-state index contributed by atoms with van der Waals surface area (Å²) < 4.78 is 4.64. The highest BCUT2D eigenvalue weighted by Gasteiger charge is 2.08. The fourth-order valence-corrected chi connectivity index (χ4v) is 1.35. The van der Waals surface area contributed by atoms with Crippen molar-refractivity contribution in [2.75, 3.05) is 11.1 Å². The average Bonchev–Trinajstić information content (AvgIpc) is 2.84. The lowest BCUT2D eigenvalue weighted by Crippen LogP contribution is -2.09. The molecule has 0 bridgehead atoms. The summed E-state index contributed by atoms with van der Waals surface area (Å²) in [4.78, 5) is 12.4. The van der Waals surface area contributed by atoms with Gasteiger partial charge in [-0.1, -0.05) is 12.1 Å². The highest BCUT2D eigenvalue weighted by molar-refractivity contribution is 5.54. The predicted octanol–water partition coefficient (Wildman–Crippen LogP) is 0.925. The first-order valence-corrected chi connectivity index (χ1v) is 5.32. The Balaban J connectivity index is 2.17. The lowest BCUT2D eigenvalue weighted by Gasteiger charge is -2.09. The van der Waals surface area contributed by atoms with E-state index >= 15 is 0 Å². The molecule has 7 nitrogen and oxygen atoms in total. The number of aromatic nitrogens is 4. The Morgan fingerprint density at radius 2 is 2.18 bits per heavy atom. The number of nitrogens with one attached hydrogen (secondary N) is 1. The molecule has 0 unspecified atom stereocenters. The zero-order chi connectivity index (χ0) is 12.3. The topological polar surface area (TPSA) is 103 Å². The van der Waals surface area contributed by atoms with Gasteiger partial charge < -0.3 is 15.6 Å². The van der Waals surface area contributed by atoms with E-state index in [1.807, 2.05) is 13.8 Å². The summed E-state index contributed by atoms with van der Waals surface area (Å²) in [6.07, 6.45) is 2.02. The van der Waals surface area contributed by atoms with E-state index in [2.05, 4.69) is 29.9 Å². The van der Waals surface area contributed by atoms with Gasteiger partial charge in [-0.25, -0.2) is 9.97 Å². The standard InChI is InChI=1S/C10H14N6O/c1-3-7-14-9(11)6(2)10(15-7)12-4-8-13-5-17-16-8/h5H,3-4H2,1-2H3,(H3,11,12,14,15). The summed E-state index contributed by atoms with van der Waals surface area (Å²) in [6, 6.07) is 0. The van der Waals surface area contributed by atoms with Gasteiger partial charge >= 0.3 is 0 Å². The molecule has 0 fully saturated rings. The molecular weight excluding hydrogens is 220 g/mol.